The lowest BCUT2D eigenvalue weighted by atomic mass is 9.96. The number of β-amino-alcohol motifs (C(OH)–C–C–N with tert-alkyl or cyclic N) is 1. The first-order valence-electron chi connectivity index (χ1n) is 5.48. The van der Waals surface area contributed by atoms with E-state index in [1.807, 2.05) is 0 Å². The van der Waals surface area contributed by atoms with Crippen LogP contribution in [0.4, 0.5) is 13.2 Å². The Morgan fingerprint density at radius 2 is 2.00 bits per heavy atom. The van der Waals surface area contributed by atoms with Crippen molar-refractivity contribution >= 4 is 28.5 Å². The number of benzene rings is 1. The number of halogens is 4. The lowest BCUT2D eigenvalue weighted by Crippen LogP contribution is -2.61. The van der Waals surface area contributed by atoms with Crippen LogP contribution in [0.15, 0.2) is 18.2 Å². The van der Waals surface area contributed by atoms with Crippen LogP contribution in [0.25, 0.3) is 0 Å². The Morgan fingerprint density at radius 1 is 1.42 bits per heavy atom. The van der Waals surface area contributed by atoms with E-state index >= 15 is 0 Å². The summed E-state index contributed by atoms with van der Waals surface area (Å²) in [5.74, 6) is -0.363. The van der Waals surface area contributed by atoms with Crippen LogP contribution < -0.4 is 0 Å². The van der Waals surface area contributed by atoms with E-state index in [1.54, 1.807) is 29.5 Å². The normalized spacial score (nSPS) is 18.1. The largest absolute Gasteiger partial charge is 0.417 e. The van der Waals surface area contributed by atoms with Crippen LogP contribution in [0.5, 0.6) is 0 Å². The van der Waals surface area contributed by atoms with E-state index in [4.69, 9.17) is 0 Å². The van der Waals surface area contributed by atoms with Crippen molar-refractivity contribution in [3.05, 3.63) is 32.9 Å². The number of alkyl halides is 3. The van der Waals surface area contributed by atoms with Crippen molar-refractivity contribution in [2.75, 3.05) is 13.1 Å². The average Bonchev–Trinajstić information content (AvgIpc) is 2.22. The smallest absolute Gasteiger partial charge is 0.386 e. The number of hydrogen-bond donors (Lipinski definition) is 1. The van der Waals surface area contributed by atoms with Crippen molar-refractivity contribution in [2.24, 2.45) is 0 Å². The highest BCUT2D eigenvalue weighted by Gasteiger charge is 2.40. The van der Waals surface area contributed by atoms with Gasteiger partial charge < -0.3 is 10.0 Å². The Bertz CT molecular complexity index is 520. The van der Waals surface area contributed by atoms with Gasteiger partial charge in [0, 0.05) is 9.13 Å². The summed E-state index contributed by atoms with van der Waals surface area (Å²) >= 11 is 1.56. The van der Waals surface area contributed by atoms with Gasteiger partial charge in [0.15, 0.2) is 0 Å². The van der Waals surface area contributed by atoms with Crippen LogP contribution in [0.2, 0.25) is 0 Å². The third-order valence-corrected chi connectivity index (χ3v) is 3.76. The molecular weight excluding hydrogens is 374 g/mol. The number of likely N-dealkylation sites (tertiary alicyclic amines) is 1. The summed E-state index contributed by atoms with van der Waals surface area (Å²) in [6.45, 7) is 2.00. The zero-order chi connectivity index (χ0) is 14.4. The molecule has 0 aliphatic carbocycles. The predicted octanol–water partition coefficient (Wildman–Crippen LogP) is 2.52. The van der Waals surface area contributed by atoms with Gasteiger partial charge in [-0.15, -0.1) is 0 Å². The Morgan fingerprint density at radius 3 is 2.42 bits per heavy atom. The van der Waals surface area contributed by atoms with Gasteiger partial charge >= 0.3 is 6.18 Å². The quantitative estimate of drug-likeness (QED) is 0.755. The first kappa shape index (κ1) is 14.6. The second-order valence-electron chi connectivity index (χ2n) is 4.85. The SMILES string of the molecule is CC1(O)CN(C(=O)c2ccc(C(F)(F)F)c(I)c2)C1. The fourth-order valence-electron chi connectivity index (χ4n) is 1.98. The van der Waals surface area contributed by atoms with E-state index in [-0.39, 0.29) is 28.1 Å². The van der Waals surface area contributed by atoms with Gasteiger partial charge in [0.05, 0.1) is 24.3 Å². The number of aliphatic hydroxyl groups is 1. The van der Waals surface area contributed by atoms with Gasteiger partial charge in [0.2, 0.25) is 0 Å². The molecule has 0 aromatic heterocycles. The average molecular weight is 385 g/mol. The van der Waals surface area contributed by atoms with Crippen molar-refractivity contribution < 1.29 is 23.1 Å². The van der Waals surface area contributed by atoms with Crippen molar-refractivity contribution in [2.45, 2.75) is 18.7 Å². The van der Waals surface area contributed by atoms with Gasteiger partial charge in [-0.1, -0.05) is 0 Å². The molecule has 2 rings (SSSR count). The highest BCUT2D eigenvalue weighted by molar-refractivity contribution is 14.1. The third kappa shape index (κ3) is 3.02. The van der Waals surface area contributed by atoms with Crippen LogP contribution in [0, 0.1) is 3.57 Å². The van der Waals surface area contributed by atoms with E-state index in [0.717, 1.165) is 6.07 Å². The molecule has 1 saturated heterocycles. The predicted molar refractivity (Wildman–Crippen MR) is 70.7 cm³/mol. The molecule has 1 fully saturated rings. The summed E-state index contributed by atoms with van der Waals surface area (Å²) in [6, 6.07) is 3.30. The molecule has 19 heavy (non-hydrogen) atoms. The van der Waals surface area contributed by atoms with Gasteiger partial charge in [0.1, 0.15) is 0 Å². The zero-order valence-electron chi connectivity index (χ0n) is 9.96. The van der Waals surface area contributed by atoms with E-state index in [0.29, 0.717) is 0 Å². The number of carbonyl (C=O) groups is 1. The van der Waals surface area contributed by atoms with Crippen molar-refractivity contribution in [1.29, 1.82) is 0 Å². The van der Waals surface area contributed by atoms with Crippen LogP contribution in [-0.4, -0.2) is 34.6 Å². The summed E-state index contributed by atoms with van der Waals surface area (Å²) in [5, 5.41) is 9.54. The zero-order valence-corrected chi connectivity index (χ0v) is 12.1. The van der Waals surface area contributed by atoms with Crippen molar-refractivity contribution in [3.63, 3.8) is 0 Å². The minimum Gasteiger partial charge on any atom is -0.386 e. The highest BCUT2D eigenvalue weighted by Crippen LogP contribution is 2.33. The summed E-state index contributed by atoms with van der Waals surface area (Å²) in [4.78, 5) is 13.4. The van der Waals surface area contributed by atoms with Crippen molar-refractivity contribution in [1.82, 2.24) is 4.90 Å². The summed E-state index contributed by atoms with van der Waals surface area (Å²) in [5.41, 5.74) is -1.44. The number of nitrogens with zero attached hydrogens (tertiary/aromatic N) is 1. The van der Waals surface area contributed by atoms with Gasteiger partial charge in [0.25, 0.3) is 5.91 Å². The first-order chi connectivity index (χ1) is 8.60. The minimum atomic E-state index is -4.42. The molecular formula is C12H11F3INO2. The Balaban J connectivity index is 2.19. The summed E-state index contributed by atoms with van der Waals surface area (Å²) in [7, 11) is 0. The molecule has 1 N–H and O–H groups in total. The van der Waals surface area contributed by atoms with Crippen molar-refractivity contribution in [3.8, 4) is 0 Å². The molecule has 104 valence electrons. The van der Waals surface area contributed by atoms with Crippen LogP contribution in [-0.2, 0) is 6.18 Å². The molecule has 1 amide bonds. The van der Waals surface area contributed by atoms with E-state index in [2.05, 4.69) is 0 Å². The third-order valence-electron chi connectivity index (χ3n) is 2.87. The molecule has 3 nitrogen and oxygen atoms in total. The molecule has 1 aromatic rings. The molecule has 1 aliphatic rings. The Labute approximate surface area is 121 Å². The molecule has 0 bridgehead atoms. The fraction of sp³-hybridized carbons (Fsp3) is 0.417. The Kier molecular flexibility index (Phi) is 3.54. The van der Waals surface area contributed by atoms with E-state index in [9.17, 15) is 23.1 Å². The highest BCUT2D eigenvalue weighted by atomic mass is 127. The van der Waals surface area contributed by atoms with E-state index < -0.39 is 17.3 Å². The maximum atomic E-state index is 12.6. The van der Waals surface area contributed by atoms with Gasteiger partial charge in [-0.05, 0) is 47.7 Å². The molecule has 7 heteroatoms. The topological polar surface area (TPSA) is 40.5 Å². The summed E-state index contributed by atoms with van der Waals surface area (Å²) in [6.07, 6.45) is -4.42. The van der Waals surface area contributed by atoms with Crippen LogP contribution in [0.3, 0.4) is 0 Å². The molecule has 1 aromatic carbocycles. The number of hydrogen-bond acceptors (Lipinski definition) is 2. The second kappa shape index (κ2) is 4.62. The molecule has 0 radical (unpaired) electrons. The molecule has 0 spiro atoms. The monoisotopic (exact) mass is 385 g/mol. The first-order valence-corrected chi connectivity index (χ1v) is 6.56. The van der Waals surface area contributed by atoms with Crippen LogP contribution in [0.1, 0.15) is 22.8 Å². The molecule has 1 aliphatic heterocycles. The Hall–Kier alpha value is -0.830. The fourth-order valence-corrected chi connectivity index (χ4v) is 2.80. The molecule has 1 heterocycles. The lowest BCUT2D eigenvalue weighted by Gasteiger charge is -2.44. The standard InChI is InChI=1S/C12H11F3INO2/c1-11(19)5-17(6-11)10(18)7-2-3-8(9(16)4-7)12(13,14)15/h2-4,19H,5-6H2,1H3. The maximum absolute atomic E-state index is 12.6. The van der Waals surface area contributed by atoms with Gasteiger partial charge in [-0.2, -0.15) is 13.2 Å². The van der Waals surface area contributed by atoms with Gasteiger partial charge in [-0.25, -0.2) is 0 Å². The van der Waals surface area contributed by atoms with Gasteiger partial charge in [-0.3, -0.25) is 4.79 Å². The summed E-state index contributed by atoms with van der Waals surface area (Å²) < 4.78 is 37.7. The number of amides is 1. The van der Waals surface area contributed by atoms with Crippen LogP contribution >= 0.6 is 22.6 Å². The second-order valence-corrected chi connectivity index (χ2v) is 6.01. The number of carbonyl (C=O) groups excluding carboxylic acids is 1. The number of rotatable bonds is 1. The molecule has 0 saturated carbocycles. The van der Waals surface area contributed by atoms with E-state index in [1.165, 1.54) is 17.0 Å². The molecule has 0 unspecified atom stereocenters. The molecule has 0 atom stereocenters. The lowest BCUT2D eigenvalue weighted by molar-refractivity contribution is -0.138. The maximum Gasteiger partial charge on any atom is 0.417 e. The minimum absolute atomic E-state index is 0.0109.